The molecule has 0 amide bonds. The summed E-state index contributed by atoms with van der Waals surface area (Å²) in [5.41, 5.74) is 0.695. The van der Waals surface area contributed by atoms with Gasteiger partial charge in [-0.2, -0.15) is 11.8 Å². The highest BCUT2D eigenvalue weighted by Crippen LogP contribution is 2.19. The van der Waals surface area contributed by atoms with Crippen LogP contribution in [0.5, 0.6) is 5.75 Å². The molecule has 1 aliphatic heterocycles. The van der Waals surface area contributed by atoms with Crippen molar-refractivity contribution in [3.05, 3.63) is 29.8 Å². The Bertz CT molecular complexity index is 369. The van der Waals surface area contributed by atoms with Gasteiger partial charge in [-0.15, -0.1) is 0 Å². The van der Waals surface area contributed by atoms with Gasteiger partial charge in [0.05, 0.1) is 13.2 Å². The lowest BCUT2D eigenvalue weighted by atomic mass is 10.1. The molecule has 1 saturated heterocycles. The number of ketones is 1. The predicted molar refractivity (Wildman–Crippen MR) is 69.0 cm³/mol. The molecular weight excluding hydrogens is 236 g/mol. The quantitative estimate of drug-likeness (QED) is 0.771. The summed E-state index contributed by atoms with van der Waals surface area (Å²) in [4.78, 5) is 12.1. The summed E-state index contributed by atoms with van der Waals surface area (Å²) in [7, 11) is 0. The third-order valence-electron chi connectivity index (χ3n) is 2.56. The van der Waals surface area contributed by atoms with Crippen molar-refractivity contribution in [2.45, 2.75) is 13.0 Å². The zero-order valence-electron chi connectivity index (χ0n) is 9.85. The lowest BCUT2D eigenvalue weighted by Crippen LogP contribution is -2.31. The number of Topliss-reactive ketones (excluding diaryl/α,β-unsaturated/α-hetero) is 1. The van der Waals surface area contributed by atoms with Crippen LogP contribution >= 0.6 is 11.8 Å². The Morgan fingerprint density at radius 2 is 2.24 bits per heavy atom. The maximum absolute atomic E-state index is 12.1. The number of thioether (sulfide) groups is 1. The van der Waals surface area contributed by atoms with E-state index in [0.717, 1.165) is 17.3 Å². The minimum atomic E-state index is -0.285. The van der Waals surface area contributed by atoms with Crippen LogP contribution in [0.2, 0.25) is 0 Å². The molecule has 3 nitrogen and oxygen atoms in total. The Morgan fingerprint density at radius 3 is 2.82 bits per heavy atom. The van der Waals surface area contributed by atoms with Gasteiger partial charge in [0.15, 0.2) is 5.78 Å². The number of rotatable bonds is 4. The van der Waals surface area contributed by atoms with Gasteiger partial charge in [-0.3, -0.25) is 4.79 Å². The fourth-order valence-electron chi connectivity index (χ4n) is 1.71. The van der Waals surface area contributed by atoms with Crippen LogP contribution in [0.3, 0.4) is 0 Å². The van der Waals surface area contributed by atoms with E-state index in [1.807, 2.05) is 19.1 Å². The number of carbonyl (C=O) groups excluding carboxylic acids is 1. The standard InChI is InChI=1S/C13H16O3S/c1-2-15-11-5-3-10(4-6-11)13(14)12-9-17-8-7-16-12/h3-6,12H,2,7-9H2,1H3. The zero-order valence-corrected chi connectivity index (χ0v) is 10.7. The third-order valence-corrected chi connectivity index (χ3v) is 3.55. The molecule has 1 aliphatic rings. The lowest BCUT2D eigenvalue weighted by molar-refractivity contribution is 0.0519. The van der Waals surface area contributed by atoms with Crippen LogP contribution in [0.15, 0.2) is 24.3 Å². The molecule has 0 spiro atoms. The van der Waals surface area contributed by atoms with Crippen LogP contribution in [0.1, 0.15) is 17.3 Å². The van der Waals surface area contributed by atoms with E-state index in [0.29, 0.717) is 18.8 Å². The molecule has 0 aromatic heterocycles. The molecule has 0 radical (unpaired) electrons. The zero-order chi connectivity index (χ0) is 12.1. The molecule has 4 heteroatoms. The van der Waals surface area contributed by atoms with Gasteiger partial charge in [0, 0.05) is 17.1 Å². The minimum absolute atomic E-state index is 0.0697. The normalized spacial score (nSPS) is 19.9. The first-order valence-corrected chi connectivity index (χ1v) is 6.93. The fourth-order valence-corrected chi connectivity index (χ4v) is 2.55. The first-order chi connectivity index (χ1) is 8.31. The van der Waals surface area contributed by atoms with E-state index >= 15 is 0 Å². The maximum atomic E-state index is 12.1. The van der Waals surface area contributed by atoms with Gasteiger partial charge in [0.2, 0.25) is 0 Å². The van der Waals surface area contributed by atoms with Gasteiger partial charge < -0.3 is 9.47 Å². The van der Waals surface area contributed by atoms with E-state index in [1.165, 1.54) is 0 Å². The number of hydrogen-bond donors (Lipinski definition) is 0. The van der Waals surface area contributed by atoms with Crippen LogP contribution in [-0.2, 0) is 4.74 Å². The molecule has 0 saturated carbocycles. The smallest absolute Gasteiger partial charge is 0.192 e. The molecule has 1 fully saturated rings. The van der Waals surface area contributed by atoms with E-state index in [-0.39, 0.29) is 11.9 Å². The van der Waals surface area contributed by atoms with Crippen LogP contribution < -0.4 is 4.74 Å². The second-order valence-corrected chi connectivity index (χ2v) is 4.91. The summed E-state index contributed by atoms with van der Waals surface area (Å²) in [6.45, 7) is 3.24. The number of hydrogen-bond acceptors (Lipinski definition) is 4. The van der Waals surface area contributed by atoms with Crippen molar-refractivity contribution >= 4 is 17.5 Å². The Labute approximate surface area is 105 Å². The largest absolute Gasteiger partial charge is 0.494 e. The Kier molecular flexibility index (Phi) is 4.45. The third kappa shape index (κ3) is 3.23. The molecule has 2 rings (SSSR count). The second-order valence-electron chi connectivity index (χ2n) is 3.76. The van der Waals surface area contributed by atoms with Crippen molar-refractivity contribution in [3.63, 3.8) is 0 Å². The van der Waals surface area contributed by atoms with Gasteiger partial charge in [0.1, 0.15) is 11.9 Å². The minimum Gasteiger partial charge on any atom is -0.494 e. The number of benzene rings is 1. The molecular formula is C13H16O3S. The van der Waals surface area contributed by atoms with E-state index in [1.54, 1.807) is 23.9 Å². The molecule has 0 aliphatic carbocycles. The SMILES string of the molecule is CCOc1ccc(C(=O)C2CSCCO2)cc1. The van der Waals surface area contributed by atoms with E-state index < -0.39 is 0 Å². The van der Waals surface area contributed by atoms with E-state index in [4.69, 9.17) is 9.47 Å². The molecule has 1 aromatic rings. The summed E-state index contributed by atoms with van der Waals surface area (Å²) in [6.07, 6.45) is -0.285. The van der Waals surface area contributed by atoms with Crippen molar-refractivity contribution in [1.82, 2.24) is 0 Å². The molecule has 0 bridgehead atoms. The average Bonchev–Trinajstić information content (AvgIpc) is 2.40. The number of ether oxygens (including phenoxy) is 2. The highest BCUT2D eigenvalue weighted by atomic mass is 32.2. The molecule has 1 aromatic carbocycles. The van der Waals surface area contributed by atoms with Crippen LogP contribution in [0.25, 0.3) is 0 Å². The first kappa shape index (κ1) is 12.5. The fraction of sp³-hybridized carbons (Fsp3) is 0.462. The summed E-state index contributed by atoms with van der Waals surface area (Å²) >= 11 is 1.77. The first-order valence-electron chi connectivity index (χ1n) is 5.77. The van der Waals surface area contributed by atoms with E-state index in [9.17, 15) is 4.79 Å². The maximum Gasteiger partial charge on any atom is 0.192 e. The van der Waals surface area contributed by atoms with Gasteiger partial charge >= 0.3 is 0 Å². The van der Waals surface area contributed by atoms with Crippen LogP contribution in [0.4, 0.5) is 0 Å². The van der Waals surface area contributed by atoms with Gasteiger partial charge in [-0.25, -0.2) is 0 Å². The summed E-state index contributed by atoms with van der Waals surface area (Å²) < 4.78 is 10.8. The highest BCUT2D eigenvalue weighted by molar-refractivity contribution is 7.99. The van der Waals surface area contributed by atoms with Crippen molar-refractivity contribution in [3.8, 4) is 5.75 Å². The Morgan fingerprint density at radius 1 is 1.47 bits per heavy atom. The Hall–Kier alpha value is -1.00. The molecule has 92 valence electrons. The number of carbonyl (C=O) groups is 1. The van der Waals surface area contributed by atoms with Crippen LogP contribution in [-0.4, -0.2) is 36.6 Å². The van der Waals surface area contributed by atoms with Gasteiger partial charge in [0.25, 0.3) is 0 Å². The molecule has 1 heterocycles. The molecule has 0 N–H and O–H groups in total. The molecule has 1 unspecified atom stereocenters. The van der Waals surface area contributed by atoms with Crippen LogP contribution in [0, 0.1) is 0 Å². The summed E-state index contributed by atoms with van der Waals surface area (Å²) in [5, 5.41) is 0. The average molecular weight is 252 g/mol. The monoisotopic (exact) mass is 252 g/mol. The summed E-state index contributed by atoms with van der Waals surface area (Å²) in [5.74, 6) is 2.60. The predicted octanol–water partition coefficient (Wildman–Crippen LogP) is 2.40. The molecule has 1 atom stereocenters. The van der Waals surface area contributed by atoms with Gasteiger partial charge in [-0.1, -0.05) is 0 Å². The van der Waals surface area contributed by atoms with E-state index in [2.05, 4.69) is 0 Å². The van der Waals surface area contributed by atoms with Crippen molar-refractivity contribution in [1.29, 1.82) is 0 Å². The lowest BCUT2D eigenvalue weighted by Gasteiger charge is -2.21. The second kappa shape index (κ2) is 6.07. The van der Waals surface area contributed by atoms with Crippen molar-refractivity contribution in [2.24, 2.45) is 0 Å². The Balaban J connectivity index is 2.03. The van der Waals surface area contributed by atoms with Crippen molar-refractivity contribution in [2.75, 3.05) is 24.7 Å². The molecule has 17 heavy (non-hydrogen) atoms. The van der Waals surface area contributed by atoms with Crippen molar-refractivity contribution < 1.29 is 14.3 Å². The highest BCUT2D eigenvalue weighted by Gasteiger charge is 2.23. The summed E-state index contributed by atoms with van der Waals surface area (Å²) in [6, 6.07) is 7.26. The topological polar surface area (TPSA) is 35.5 Å². The van der Waals surface area contributed by atoms with Gasteiger partial charge in [-0.05, 0) is 31.2 Å².